The van der Waals surface area contributed by atoms with Gasteiger partial charge < -0.3 is 19.9 Å². The minimum atomic E-state index is -1.48. The van der Waals surface area contributed by atoms with Crippen molar-refractivity contribution in [2.45, 2.75) is 25.1 Å². The number of carbonyl (C=O) groups is 3. The van der Waals surface area contributed by atoms with Gasteiger partial charge in [-0.3, -0.25) is 4.68 Å². The third-order valence-corrected chi connectivity index (χ3v) is 4.76. The van der Waals surface area contributed by atoms with Gasteiger partial charge in [-0.1, -0.05) is 60.7 Å². The summed E-state index contributed by atoms with van der Waals surface area (Å²) >= 11 is 0. The molecule has 0 radical (unpaired) electrons. The Balaban J connectivity index is 1.80. The maximum Gasteiger partial charge on any atom is 0.408 e. The van der Waals surface area contributed by atoms with Crippen molar-refractivity contribution >= 4 is 18.0 Å². The van der Waals surface area contributed by atoms with Crippen molar-refractivity contribution in [3.63, 3.8) is 0 Å². The number of alkyl carbamates (subject to hydrolysis) is 1. The van der Waals surface area contributed by atoms with E-state index >= 15 is 0 Å². The largest absolute Gasteiger partial charge is 0.479 e. The predicted molar refractivity (Wildman–Crippen MR) is 114 cm³/mol. The molecule has 0 aliphatic heterocycles. The summed E-state index contributed by atoms with van der Waals surface area (Å²) < 4.78 is 11.3. The summed E-state index contributed by atoms with van der Waals surface area (Å²) in [5, 5.41) is 16.2. The van der Waals surface area contributed by atoms with Crippen molar-refractivity contribution in [1.82, 2.24) is 15.1 Å². The Morgan fingerprint density at radius 2 is 1.62 bits per heavy atom. The van der Waals surface area contributed by atoms with Crippen molar-refractivity contribution < 1.29 is 29.0 Å². The molecule has 0 bridgehead atoms. The lowest BCUT2D eigenvalue weighted by molar-refractivity contribution is -0.145. The van der Waals surface area contributed by atoms with Gasteiger partial charge in [0.2, 0.25) is 0 Å². The molecule has 9 nitrogen and oxygen atoms in total. The van der Waals surface area contributed by atoms with Crippen LogP contribution in [0.2, 0.25) is 0 Å². The summed E-state index contributed by atoms with van der Waals surface area (Å²) in [4.78, 5) is 36.7. The monoisotopic (exact) mass is 437 g/mol. The van der Waals surface area contributed by atoms with Gasteiger partial charge in [0.05, 0.1) is 12.8 Å². The van der Waals surface area contributed by atoms with Crippen molar-refractivity contribution in [2.75, 3.05) is 7.11 Å². The maximum absolute atomic E-state index is 12.5. The van der Waals surface area contributed by atoms with Crippen LogP contribution in [0, 0.1) is 0 Å². The van der Waals surface area contributed by atoms with Gasteiger partial charge in [0.1, 0.15) is 6.61 Å². The van der Waals surface area contributed by atoms with Crippen LogP contribution in [-0.4, -0.2) is 40.0 Å². The number of aromatic nitrogens is 2. The minimum Gasteiger partial charge on any atom is -0.479 e. The average molecular weight is 437 g/mol. The van der Waals surface area contributed by atoms with Gasteiger partial charge in [-0.05, 0) is 17.2 Å². The number of hydrogen-bond acceptors (Lipinski definition) is 6. The van der Waals surface area contributed by atoms with E-state index < -0.39 is 30.1 Å². The van der Waals surface area contributed by atoms with Crippen molar-refractivity contribution in [1.29, 1.82) is 0 Å². The number of carboxylic acid groups (broad SMARTS) is 1. The summed E-state index contributed by atoms with van der Waals surface area (Å²) in [6.45, 7) is -0.0168. The zero-order chi connectivity index (χ0) is 22.9. The molecule has 0 saturated carbocycles. The first-order valence-electron chi connectivity index (χ1n) is 9.84. The molecule has 166 valence electrons. The molecule has 0 saturated heterocycles. The summed E-state index contributed by atoms with van der Waals surface area (Å²) in [7, 11) is 1.25. The van der Waals surface area contributed by atoms with Crippen LogP contribution < -0.4 is 5.32 Å². The number of hydrogen-bond donors (Lipinski definition) is 2. The second-order valence-electron chi connectivity index (χ2n) is 6.91. The van der Waals surface area contributed by atoms with E-state index in [-0.39, 0.29) is 18.7 Å². The lowest BCUT2D eigenvalue weighted by Crippen LogP contribution is -2.37. The molecule has 1 amide bonds. The van der Waals surface area contributed by atoms with Crippen LogP contribution in [0.25, 0.3) is 0 Å². The van der Waals surface area contributed by atoms with Crippen LogP contribution in [0.4, 0.5) is 4.79 Å². The zero-order valence-corrected chi connectivity index (χ0v) is 17.4. The molecular formula is C23H23N3O6. The number of carboxylic acids is 1. The molecule has 2 atom stereocenters. The molecule has 2 N–H and O–H groups in total. The van der Waals surface area contributed by atoms with Crippen molar-refractivity contribution in [2.24, 2.45) is 0 Å². The number of nitrogens with one attached hydrogen (secondary N) is 1. The lowest BCUT2D eigenvalue weighted by Gasteiger charge is -2.21. The Bertz CT molecular complexity index is 1050. The fraction of sp³-hybridized carbons (Fsp3) is 0.217. The first-order chi connectivity index (χ1) is 15.5. The number of carbonyl (C=O) groups excluding carboxylic acids is 2. The predicted octanol–water partition coefficient (Wildman–Crippen LogP) is 2.89. The third kappa shape index (κ3) is 5.72. The normalized spacial score (nSPS) is 12.4. The second kappa shape index (κ2) is 10.8. The van der Waals surface area contributed by atoms with Gasteiger partial charge in [-0.15, -0.1) is 0 Å². The van der Waals surface area contributed by atoms with E-state index in [1.54, 1.807) is 24.3 Å². The second-order valence-corrected chi connectivity index (χ2v) is 6.91. The van der Waals surface area contributed by atoms with Gasteiger partial charge in [-0.2, -0.15) is 5.10 Å². The van der Waals surface area contributed by atoms with E-state index in [4.69, 9.17) is 9.47 Å². The van der Waals surface area contributed by atoms with E-state index in [1.165, 1.54) is 24.1 Å². The van der Waals surface area contributed by atoms with Crippen LogP contribution in [0.15, 0.2) is 72.9 Å². The highest BCUT2D eigenvalue weighted by Gasteiger charge is 2.32. The Morgan fingerprint density at radius 1 is 1.00 bits per heavy atom. The molecule has 3 aromatic rings. The van der Waals surface area contributed by atoms with Gasteiger partial charge in [-0.25, -0.2) is 14.4 Å². The number of methoxy groups -OCH3 is 1. The number of esters is 1. The standard InChI is InChI=1S/C23H23N3O6/c1-31-22(29)19(14-16-8-4-2-5-9-16)26-18(12-13-24-26)20(21(27)28)25-23(30)32-15-17-10-6-3-7-11-17/h2-13,19-20H,14-15H2,1H3,(H,25,30)(H,27,28)/t19-,20+/m0/s1. The Kier molecular flexibility index (Phi) is 7.58. The maximum atomic E-state index is 12.5. The molecule has 1 aromatic heterocycles. The molecule has 9 heteroatoms. The first kappa shape index (κ1) is 22.5. The van der Waals surface area contributed by atoms with E-state index in [1.807, 2.05) is 36.4 Å². The molecular weight excluding hydrogens is 414 g/mol. The third-order valence-electron chi connectivity index (χ3n) is 4.76. The Hall–Kier alpha value is -4.14. The summed E-state index contributed by atoms with van der Waals surface area (Å²) in [6.07, 6.45) is 0.683. The Morgan fingerprint density at radius 3 is 2.22 bits per heavy atom. The summed E-state index contributed by atoms with van der Waals surface area (Å²) in [6, 6.07) is 17.2. The van der Waals surface area contributed by atoms with Gasteiger partial charge in [0.15, 0.2) is 12.1 Å². The molecule has 0 fully saturated rings. The van der Waals surface area contributed by atoms with Crippen LogP contribution in [0.1, 0.15) is 28.9 Å². The zero-order valence-electron chi connectivity index (χ0n) is 17.4. The number of aliphatic carboxylic acids is 1. The quantitative estimate of drug-likeness (QED) is 0.494. The van der Waals surface area contributed by atoms with Gasteiger partial charge in [0.25, 0.3) is 0 Å². The summed E-state index contributed by atoms with van der Waals surface area (Å²) in [5.74, 6) is -1.92. The highest BCUT2D eigenvalue weighted by Crippen LogP contribution is 2.22. The van der Waals surface area contributed by atoms with E-state index in [0.717, 1.165) is 11.1 Å². The number of rotatable bonds is 9. The van der Waals surface area contributed by atoms with Crippen LogP contribution >= 0.6 is 0 Å². The van der Waals surface area contributed by atoms with Gasteiger partial charge >= 0.3 is 18.0 Å². The SMILES string of the molecule is COC(=O)[C@H](Cc1ccccc1)n1nccc1[C@@H](NC(=O)OCc1ccccc1)C(=O)O. The topological polar surface area (TPSA) is 120 Å². The smallest absolute Gasteiger partial charge is 0.408 e. The van der Waals surface area contributed by atoms with Crippen molar-refractivity contribution in [3.05, 3.63) is 89.7 Å². The highest BCUT2D eigenvalue weighted by molar-refractivity contribution is 5.81. The van der Waals surface area contributed by atoms with Gasteiger partial charge in [0, 0.05) is 12.6 Å². The molecule has 0 unspecified atom stereocenters. The lowest BCUT2D eigenvalue weighted by atomic mass is 10.1. The van der Waals surface area contributed by atoms with Crippen molar-refractivity contribution in [3.8, 4) is 0 Å². The molecule has 2 aromatic carbocycles. The summed E-state index contributed by atoms with van der Waals surface area (Å²) in [5.41, 5.74) is 1.71. The number of benzene rings is 2. The van der Waals surface area contributed by atoms with Crippen LogP contribution in [0.5, 0.6) is 0 Å². The molecule has 0 spiro atoms. The molecule has 0 aliphatic rings. The Labute approximate surface area is 184 Å². The van der Waals surface area contributed by atoms with E-state index in [0.29, 0.717) is 0 Å². The van der Waals surface area contributed by atoms with E-state index in [2.05, 4.69) is 10.4 Å². The fourth-order valence-electron chi connectivity index (χ4n) is 3.20. The number of amides is 1. The minimum absolute atomic E-state index is 0.0168. The fourth-order valence-corrected chi connectivity index (χ4v) is 3.20. The number of nitrogens with zero attached hydrogens (tertiary/aromatic N) is 2. The number of ether oxygens (including phenoxy) is 2. The van der Waals surface area contributed by atoms with E-state index in [9.17, 15) is 19.5 Å². The highest BCUT2D eigenvalue weighted by atomic mass is 16.5. The molecule has 1 heterocycles. The van der Waals surface area contributed by atoms with Crippen LogP contribution in [-0.2, 0) is 32.1 Å². The molecule has 3 rings (SSSR count). The molecule has 0 aliphatic carbocycles. The average Bonchev–Trinajstić information content (AvgIpc) is 3.29. The van der Waals surface area contributed by atoms with Crippen LogP contribution in [0.3, 0.4) is 0 Å². The molecule has 32 heavy (non-hydrogen) atoms. The first-order valence-corrected chi connectivity index (χ1v) is 9.84.